The van der Waals surface area contributed by atoms with Gasteiger partial charge in [-0.25, -0.2) is 0 Å². The van der Waals surface area contributed by atoms with E-state index in [2.05, 4.69) is 45.0 Å². The molecule has 0 saturated heterocycles. The Morgan fingerprint density at radius 3 is 1.62 bits per heavy atom. The van der Waals surface area contributed by atoms with Crippen LogP contribution in [0.5, 0.6) is 0 Å². The molecule has 1 aromatic carbocycles. The molecule has 0 atom stereocenters. The summed E-state index contributed by atoms with van der Waals surface area (Å²) in [6, 6.07) is 8.48. The van der Waals surface area contributed by atoms with Crippen molar-refractivity contribution in [2.24, 2.45) is 5.92 Å². The van der Waals surface area contributed by atoms with Crippen molar-refractivity contribution in [1.29, 1.82) is 0 Å². The van der Waals surface area contributed by atoms with Gasteiger partial charge in [0.2, 0.25) is 0 Å². The highest BCUT2D eigenvalue weighted by atomic mass is 16.3. The predicted octanol–water partition coefficient (Wildman–Crippen LogP) is 4.11. The molecule has 0 aromatic heterocycles. The molecule has 16 heavy (non-hydrogen) atoms. The van der Waals surface area contributed by atoms with Gasteiger partial charge in [0.1, 0.15) is 0 Å². The van der Waals surface area contributed by atoms with E-state index < -0.39 is 0 Å². The molecular formula is C15H26O. The van der Waals surface area contributed by atoms with Crippen LogP contribution in [0, 0.1) is 19.8 Å². The second-order valence-electron chi connectivity index (χ2n) is 5.07. The van der Waals surface area contributed by atoms with Gasteiger partial charge in [0.25, 0.3) is 0 Å². The van der Waals surface area contributed by atoms with Crippen LogP contribution in [0.25, 0.3) is 0 Å². The van der Waals surface area contributed by atoms with Crippen LogP contribution in [0.15, 0.2) is 24.3 Å². The van der Waals surface area contributed by atoms with Gasteiger partial charge in [0, 0.05) is 1.43 Å². The fourth-order valence-corrected chi connectivity index (χ4v) is 1.88. The molecule has 1 aliphatic rings. The summed E-state index contributed by atoms with van der Waals surface area (Å²) in [5.74, 6) is 0.860. The van der Waals surface area contributed by atoms with Crippen molar-refractivity contribution in [2.45, 2.75) is 52.6 Å². The molecule has 1 fully saturated rings. The Labute approximate surface area is 101 Å². The minimum absolute atomic E-state index is 0. The van der Waals surface area contributed by atoms with Crippen LogP contribution in [-0.4, -0.2) is 11.2 Å². The smallest absolute Gasteiger partial charge is 0.0540 e. The van der Waals surface area contributed by atoms with E-state index in [1.165, 1.54) is 24.0 Å². The van der Waals surface area contributed by atoms with Crippen LogP contribution in [-0.2, 0) is 0 Å². The number of rotatable bonds is 0. The molecule has 2 rings (SSSR count). The topological polar surface area (TPSA) is 20.2 Å². The molecule has 92 valence electrons. The minimum Gasteiger partial charge on any atom is -0.393 e. The summed E-state index contributed by atoms with van der Waals surface area (Å²) < 4.78 is 0. The Bertz CT molecular complexity index is 255. The highest BCUT2D eigenvalue weighted by Crippen LogP contribution is 2.22. The monoisotopic (exact) mass is 222 g/mol. The van der Waals surface area contributed by atoms with E-state index in [1.54, 1.807) is 0 Å². The lowest BCUT2D eigenvalue weighted by atomic mass is 9.89. The standard InChI is InChI=1S/C8H10.C7H14O.H2/c1-7-3-5-8(2)6-4-7;1-6-2-4-7(8)5-3-6;/h3-6H,1-2H3;6-8H,2-5H2,1H3;1H. The highest BCUT2D eigenvalue weighted by Gasteiger charge is 2.14. The Morgan fingerprint density at radius 1 is 0.938 bits per heavy atom. The number of aliphatic hydroxyl groups is 1. The van der Waals surface area contributed by atoms with E-state index in [-0.39, 0.29) is 7.53 Å². The van der Waals surface area contributed by atoms with E-state index in [1.807, 2.05) is 0 Å². The van der Waals surface area contributed by atoms with E-state index in [9.17, 15) is 0 Å². The average Bonchev–Trinajstić information content (AvgIpc) is 2.28. The van der Waals surface area contributed by atoms with Crippen LogP contribution in [0.4, 0.5) is 0 Å². The van der Waals surface area contributed by atoms with Gasteiger partial charge >= 0.3 is 0 Å². The average molecular weight is 222 g/mol. The third-order valence-electron chi connectivity index (χ3n) is 3.20. The number of aliphatic hydroxyl groups excluding tert-OH is 1. The van der Waals surface area contributed by atoms with Crippen molar-refractivity contribution in [3.8, 4) is 0 Å². The van der Waals surface area contributed by atoms with Crippen LogP contribution in [0.3, 0.4) is 0 Å². The van der Waals surface area contributed by atoms with Gasteiger partial charge in [-0.1, -0.05) is 42.3 Å². The first-order valence-electron chi connectivity index (χ1n) is 6.29. The molecule has 0 bridgehead atoms. The predicted molar refractivity (Wildman–Crippen MR) is 71.7 cm³/mol. The molecule has 1 nitrogen and oxygen atoms in total. The van der Waals surface area contributed by atoms with Crippen LogP contribution in [0.1, 0.15) is 45.2 Å². The quantitative estimate of drug-likeness (QED) is 0.700. The molecule has 0 heterocycles. The lowest BCUT2D eigenvalue weighted by molar-refractivity contribution is 0.112. The van der Waals surface area contributed by atoms with Crippen LogP contribution in [0.2, 0.25) is 0 Å². The molecule has 0 aliphatic heterocycles. The summed E-state index contributed by atoms with van der Waals surface area (Å²) in [6.45, 7) is 6.45. The number of hydrogen-bond acceptors (Lipinski definition) is 1. The number of aryl methyl sites for hydroxylation is 2. The van der Waals surface area contributed by atoms with E-state index >= 15 is 0 Å². The van der Waals surface area contributed by atoms with Gasteiger partial charge in [-0.15, -0.1) is 0 Å². The summed E-state index contributed by atoms with van der Waals surface area (Å²) in [7, 11) is 0. The molecule has 0 spiro atoms. The molecule has 1 aromatic rings. The van der Waals surface area contributed by atoms with Gasteiger partial charge in [-0.2, -0.15) is 0 Å². The van der Waals surface area contributed by atoms with E-state index in [0.29, 0.717) is 0 Å². The maximum absolute atomic E-state index is 9.03. The zero-order chi connectivity index (χ0) is 12.0. The minimum atomic E-state index is 0. The molecule has 1 N–H and O–H groups in total. The van der Waals surface area contributed by atoms with Crippen LogP contribution < -0.4 is 0 Å². The normalized spacial score (nSPS) is 24.5. The van der Waals surface area contributed by atoms with Crippen molar-refractivity contribution in [3.63, 3.8) is 0 Å². The van der Waals surface area contributed by atoms with Crippen molar-refractivity contribution in [1.82, 2.24) is 0 Å². The maximum Gasteiger partial charge on any atom is 0.0540 e. The van der Waals surface area contributed by atoms with Crippen molar-refractivity contribution in [3.05, 3.63) is 35.4 Å². The summed E-state index contributed by atoms with van der Waals surface area (Å²) in [4.78, 5) is 0. The van der Waals surface area contributed by atoms with E-state index in [0.717, 1.165) is 18.8 Å². The fraction of sp³-hybridized carbons (Fsp3) is 0.600. The lowest BCUT2D eigenvalue weighted by Crippen LogP contribution is -2.15. The third kappa shape index (κ3) is 5.32. The number of hydrogen-bond donors (Lipinski definition) is 1. The number of benzene rings is 1. The first-order valence-corrected chi connectivity index (χ1v) is 6.29. The van der Waals surface area contributed by atoms with E-state index in [4.69, 9.17) is 5.11 Å². The Hall–Kier alpha value is -0.820. The summed E-state index contributed by atoms with van der Waals surface area (Å²) >= 11 is 0. The zero-order valence-corrected chi connectivity index (χ0v) is 10.7. The molecular weight excluding hydrogens is 196 g/mol. The van der Waals surface area contributed by atoms with Gasteiger partial charge in [0.15, 0.2) is 0 Å². The van der Waals surface area contributed by atoms with Gasteiger partial charge in [-0.3, -0.25) is 0 Å². The third-order valence-corrected chi connectivity index (χ3v) is 3.20. The van der Waals surface area contributed by atoms with Crippen molar-refractivity contribution < 1.29 is 6.53 Å². The second kappa shape index (κ2) is 6.70. The van der Waals surface area contributed by atoms with Gasteiger partial charge in [-0.05, 0) is 45.4 Å². The summed E-state index contributed by atoms with van der Waals surface area (Å²) in [5, 5.41) is 9.03. The molecule has 1 aliphatic carbocycles. The Morgan fingerprint density at radius 2 is 1.31 bits per heavy atom. The summed E-state index contributed by atoms with van der Waals surface area (Å²) in [5.41, 5.74) is 2.66. The molecule has 1 saturated carbocycles. The van der Waals surface area contributed by atoms with Gasteiger partial charge < -0.3 is 5.11 Å². The highest BCUT2D eigenvalue weighted by molar-refractivity contribution is 5.19. The van der Waals surface area contributed by atoms with Crippen molar-refractivity contribution >= 4 is 0 Å². The first-order chi connectivity index (χ1) is 7.58. The summed E-state index contributed by atoms with van der Waals surface area (Å²) in [6.07, 6.45) is 4.52. The zero-order valence-electron chi connectivity index (χ0n) is 10.7. The molecule has 1 heteroatoms. The first kappa shape index (κ1) is 13.2. The van der Waals surface area contributed by atoms with Crippen LogP contribution >= 0.6 is 0 Å². The molecule has 0 radical (unpaired) electrons. The Balaban J connectivity index is 0.000000284. The van der Waals surface area contributed by atoms with Crippen molar-refractivity contribution in [2.75, 3.05) is 0 Å². The SMILES string of the molecule is CC1CCC(O)CC1.Cc1ccc(C)cc1.[HH]. The Kier molecular flexibility index (Phi) is 5.54. The van der Waals surface area contributed by atoms with Gasteiger partial charge in [0.05, 0.1) is 6.10 Å². The largest absolute Gasteiger partial charge is 0.393 e. The lowest BCUT2D eigenvalue weighted by Gasteiger charge is -2.21. The maximum atomic E-state index is 9.03. The fourth-order valence-electron chi connectivity index (χ4n) is 1.88. The second-order valence-corrected chi connectivity index (χ2v) is 5.07. The molecule has 0 amide bonds. The molecule has 0 unspecified atom stereocenters.